The summed E-state index contributed by atoms with van der Waals surface area (Å²) in [6.07, 6.45) is 4.22. The van der Waals surface area contributed by atoms with Gasteiger partial charge in [-0.05, 0) is 110 Å². The van der Waals surface area contributed by atoms with Crippen LogP contribution in [0.2, 0.25) is 0 Å². The summed E-state index contributed by atoms with van der Waals surface area (Å²) in [6.45, 7) is 0. The number of aromatic hydroxyl groups is 1. The van der Waals surface area contributed by atoms with Gasteiger partial charge >= 0.3 is 29.6 Å². The summed E-state index contributed by atoms with van der Waals surface area (Å²) in [5.41, 5.74) is 3.74. The van der Waals surface area contributed by atoms with Crippen LogP contribution in [0.3, 0.4) is 0 Å². The van der Waals surface area contributed by atoms with Gasteiger partial charge in [0.15, 0.2) is 0 Å². The molecule has 0 aliphatic heterocycles. The smallest absolute Gasteiger partial charge is 0.748 e. The molecule has 11 heteroatoms. The molecule has 31 heavy (non-hydrogen) atoms. The summed E-state index contributed by atoms with van der Waals surface area (Å²) in [4.78, 5) is 12.0. The fraction of sp³-hybridized carbons (Fsp3) is 0.0500. The molecule has 1 N–H and O–H groups in total. The maximum absolute atomic E-state index is 12.0. The van der Waals surface area contributed by atoms with Crippen molar-refractivity contribution < 1.29 is 52.4 Å². The van der Waals surface area contributed by atoms with Crippen LogP contribution < -0.4 is 29.6 Å². The molecular formula is C20H13Br4NaO5S. The van der Waals surface area contributed by atoms with E-state index in [1.165, 1.54) is 0 Å². The number of ketones is 1. The second kappa shape index (κ2) is 12.4. The topological polar surface area (TPSA) is 94.5 Å². The molecule has 3 rings (SSSR count). The number of benzene rings is 2. The van der Waals surface area contributed by atoms with Crippen LogP contribution in [0.1, 0.15) is 11.1 Å². The van der Waals surface area contributed by atoms with Crippen molar-refractivity contribution in [1.82, 2.24) is 0 Å². The predicted molar refractivity (Wildman–Crippen MR) is 131 cm³/mol. The van der Waals surface area contributed by atoms with Gasteiger partial charge < -0.3 is 9.66 Å². The van der Waals surface area contributed by atoms with Crippen molar-refractivity contribution in [3.05, 3.63) is 89.2 Å². The Kier molecular flexibility index (Phi) is 11.6. The molecule has 0 atom stereocenters. The number of phenols is 1. The first-order chi connectivity index (χ1) is 13.9. The molecule has 2 aromatic carbocycles. The Morgan fingerprint density at radius 2 is 1.32 bits per heavy atom. The van der Waals surface area contributed by atoms with Crippen molar-refractivity contribution in [3.63, 3.8) is 0 Å². The number of hydrogen-bond acceptors (Lipinski definition) is 5. The average Bonchev–Trinajstić information content (AvgIpc) is 2.64. The normalized spacial score (nSPS) is 13.4. The second-order valence-corrected chi connectivity index (χ2v) is 10.8. The van der Waals surface area contributed by atoms with Crippen molar-refractivity contribution >= 4 is 85.2 Å². The number of halogens is 4. The van der Waals surface area contributed by atoms with Crippen LogP contribution in [0.5, 0.6) is 5.75 Å². The maximum Gasteiger partial charge on any atom is 1.00 e. The molecule has 0 saturated carbocycles. The Morgan fingerprint density at radius 3 is 1.74 bits per heavy atom. The average molecular weight is 708 g/mol. The van der Waals surface area contributed by atoms with Crippen molar-refractivity contribution in [3.8, 4) is 5.75 Å². The Balaban J connectivity index is 0.000000721. The number of Topliss-reactive ketones (excluding diaryl/α,β-unsaturated/α-hetero) is 1. The molecule has 0 radical (unpaired) electrons. The third-order valence-electron chi connectivity index (χ3n) is 3.65. The minimum atomic E-state index is -3.92. The van der Waals surface area contributed by atoms with Gasteiger partial charge in [0, 0.05) is 6.26 Å². The van der Waals surface area contributed by atoms with Gasteiger partial charge in [-0.25, -0.2) is 8.42 Å². The van der Waals surface area contributed by atoms with Gasteiger partial charge in [0.1, 0.15) is 5.75 Å². The van der Waals surface area contributed by atoms with Crippen molar-refractivity contribution in [1.29, 1.82) is 0 Å². The third-order valence-corrected chi connectivity index (χ3v) is 6.04. The number of carbonyl (C=O) groups is 1. The molecule has 0 spiro atoms. The fourth-order valence-corrected chi connectivity index (χ4v) is 4.89. The van der Waals surface area contributed by atoms with Crippen LogP contribution in [-0.2, 0) is 14.9 Å². The van der Waals surface area contributed by atoms with Crippen molar-refractivity contribution in [2.75, 3.05) is 6.26 Å². The van der Waals surface area contributed by atoms with Gasteiger partial charge in [0.05, 0.1) is 28.0 Å². The zero-order valence-electron chi connectivity index (χ0n) is 16.2. The molecule has 0 amide bonds. The van der Waals surface area contributed by atoms with Crippen LogP contribution in [0.25, 0.3) is 5.57 Å². The van der Waals surface area contributed by atoms with Gasteiger partial charge in [-0.1, -0.05) is 30.3 Å². The van der Waals surface area contributed by atoms with E-state index in [4.69, 9.17) is 13.0 Å². The van der Waals surface area contributed by atoms with Gasteiger partial charge in [-0.3, -0.25) is 4.79 Å². The summed E-state index contributed by atoms with van der Waals surface area (Å²) in [5.74, 6) is 0.0534. The summed E-state index contributed by atoms with van der Waals surface area (Å²) in [6, 6.07) is 13.6. The van der Waals surface area contributed by atoms with Crippen LogP contribution in [0, 0.1) is 0 Å². The first-order valence-corrected chi connectivity index (χ1v) is 13.1. The zero-order chi connectivity index (χ0) is 22.6. The molecule has 0 heterocycles. The third kappa shape index (κ3) is 8.68. The minimum Gasteiger partial charge on any atom is -0.748 e. The fourth-order valence-electron chi connectivity index (χ4n) is 2.52. The van der Waals surface area contributed by atoms with E-state index < -0.39 is 10.1 Å². The molecule has 0 unspecified atom stereocenters. The SMILES string of the molecule is CS(=O)(=O)[O-].O=C1C(Br)=CC(=C(c2ccccc2)c2cc(Br)c(O)c(Br)c2)C=C1Br.[Na+]. The van der Waals surface area contributed by atoms with Crippen molar-refractivity contribution in [2.45, 2.75) is 0 Å². The van der Waals surface area contributed by atoms with E-state index in [2.05, 4.69) is 63.7 Å². The molecule has 158 valence electrons. The molecule has 0 saturated heterocycles. The molecular weight excluding hydrogens is 695 g/mol. The summed E-state index contributed by atoms with van der Waals surface area (Å²) < 4.78 is 29.4. The number of rotatable bonds is 2. The van der Waals surface area contributed by atoms with Crippen LogP contribution in [0.15, 0.2) is 78.1 Å². The predicted octanol–water partition coefficient (Wildman–Crippen LogP) is 3.02. The Morgan fingerprint density at radius 1 is 0.903 bits per heavy atom. The second-order valence-electron chi connectivity index (χ2n) is 6.00. The monoisotopic (exact) mass is 704 g/mol. The van der Waals surface area contributed by atoms with Gasteiger partial charge in [0.25, 0.3) is 0 Å². The quantitative estimate of drug-likeness (QED) is 0.383. The van der Waals surface area contributed by atoms with Crippen LogP contribution in [-0.4, -0.2) is 30.1 Å². The van der Waals surface area contributed by atoms with Crippen molar-refractivity contribution in [2.24, 2.45) is 0 Å². The van der Waals surface area contributed by atoms with Gasteiger partial charge in [0.2, 0.25) is 5.78 Å². The zero-order valence-corrected chi connectivity index (χ0v) is 25.4. The molecule has 1 aliphatic carbocycles. The summed E-state index contributed by atoms with van der Waals surface area (Å²) in [7, 11) is -3.92. The summed E-state index contributed by atoms with van der Waals surface area (Å²) >= 11 is 13.5. The van der Waals surface area contributed by atoms with Crippen LogP contribution in [0.4, 0.5) is 0 Å². The standard InChI is InChI=1S/C19H10Br4O2.CH4O3S.Na/c20-13-6-11(7-14(21)18(13)24)17(10-4-2-1-3-5-10)12-8-15(22)19(25)16(23)9-12;1-5(2,3)4;/h1-9,24H;1H3,(H,2,3,4);/q;;+1/p-1. The Bertz CT molecular complexity index is 1130. The molecule has 2 aromatic rings. The minimum absolute atomic E-state index is 0. The largest absolute Gasteiger partial charge is 1.00 e. The van der Waals surface area contributed by atoms with E-state index >= 15 is 0 Å². The Hall–Kier alpha value is -0.0400. The van der Waals surface area contributed by atoms with E-state index in [1.807, 2.05) is 54.6 Å². The van der Waals surface area contributed by atoms with Gasteiger partial charge in [-0.2, -0.15) is 0 Å². The molecule has 5 nitrogen and oxygen atoms in total. The maximum atomic E-state index is 12.0. The van der Waals surface area contributed by atoms with E-state index in [0.717, 1.165) is 22.3 Å². The number of allylic oxidation sites excluding steroid dienone is 5. The molecule has 0 bridgehead atoms. The Labute approximate surface area is 236 Å². The number of carbonyl (C=O) groups excluding carboxylic acids is 1. The van der Waals surface area contributed by atoms with Crippen LogP contribution >= 0.6 is 63.7 Å². The number of phenolic OH excluding ortho intramolecular Hbond substituents is 1. The first-order valence-electron chi connectivity index (χ1n) is 8.06. The molecule has 0 fully saturated rings. The number of hydrogen-bond donors (Lipinski definition) is 1. The molecule has 0 aromatic heterocycles. The van der Waals surface area contributed by atoms with E-state index in [1.54, 1.807) is 0 Å². The molecule has 1 aliphatic rings. The van der Waals surface area contributed by atoms with Gasteiger partial charge in [-0.15, -0.1) is 0 Å². The van der Waals surface area contributed by atoms with E-state index in [9.17, 15) is 9.90 Å². The van der Waals surface area contributed by atoms with E-state index in [-0.39, 0.29) is 41.1 Å². The summed E-state index contributed by atoms with van der Waals surface area (Å²) in [5, 5.41) is 10.0. The first kappa shape index (κ1) is 29.0. The van der Waals surface area contributed by atoms with E-state index in [0.29, 0.717) is 24.2 Å².